The summed E-state index contributed by atoms with van der Waals surface area (Å²) >= 11 is 0. The van der Waals surface area contributed by atoms with Crippen LogP contribution in [0.3, 0.4) is 0 Å². The Labute approximate surface area is 147 Å². The molecule has 0 spiro atoms. The third kappa shape index (κ3) is 8.41. The highest BCUT2D eigenvalue weighted by Gasteiger charge is 2.20. The summed E-state index contributed by atoms with van der Waals surface area (Å²) < 4.78 is 10.3. The van der Waals surface area contributed by atoms with Gasteiger partial charge in [-0.05, 0) is 65.2 Å². The monoisotopic (exact) mass is 352 g/mol. The Kier molecular flexibility index (Phi) is 6.45. The van der Waals surface area contributed by atoms with Crippen molar-refractivity contribution in [1.82, 2.24) is 0 Å². The molecule has 0 heterocycles. The quantitative estimate of drug-likeness (QED) is 0.619. The number of carbonyl (C=O) groups excluding carboxylic acids is 2. The largest absolute Gasteiger partial charge is 0.488 e. The van der Waals surface area contributed by atoms with Crippen LogP contribution in [0.2, 0.25) is 0 Å². The van der Waals surface area contributed by atoms with Gasteiger partial charge < -0.3 is 19.5 Å². The van der Waals surface area contributed by atoms with Gasteiger partial charge in [0.2, 0.25) is 0 Å². The summed E-state index contributed by atoms with van der Waals surface area (Å²) in [6.07, 6.45) is -1.42. The zero-order valence-electron chi connectivity index (χ0n) is 15.3. The van der Waals surface area contributed by atoms with E-state index >= 15 is 0 Å². The van der Waals surface area contributed by atoms with Crippen molar-refractivity contribution in [3.8, 4) is 0 Å². The Hall–Kier alpha value is -2.26. The molecule has 1 aromatic rings. The zero-order chi connectivity index (χ0) is 19.4. The lowest BCUT2D eigenvalue weighted by atomic mass is 9.80. The lowest BCUT2D eigenvalue weighted by Crippen LogP contribution is -2.32. The molecule has 2 amide bonds. The third-order valence-corrected chi connectivity index (χ3v) is 2.54. The average Bonchev–Trinajstić information content (AvgIpc) is 2.32. The van der Waals surface area contributed by atoms with Gasteiger partial charge in [0.15, 0.2) is 0 Å². The first kappa shape index (κ1) is 20.8. The molecular formula is C16H25BN2O6. The van der Waals surface area contributed by atoms with Crippen LogP contribution >= 0.6 is 0 Å². The van der Waals surface area contributed by atoms with Crippen molar-refractivity contribution in [2.45, 2.75) is 52.7 Å². The molecule has 8 nitrogen and oxygen atoms in total. The molecule has 0 saturated heterocycles. The maximum absolute atomic E-state index is 11.9. The van der Waals surface area contributed by atoms with Gasteiger partial charge in [0.1, 0.15) is 11.2 Å². The van der Waals surface area contributed by atoms with E-state index in [-0.39, 0.29) is 16.8 Å². The Morgan fingerprint density at radius 1 is 0.840 bits per heavy atom. The second-order valence-electron chi connectivity index (χ2n) is 7.47. The average molecular weight is 352 g/mol. The molecule has 4 N–H and O–H groups in total. The molecule has 0 radical (unpaired) electrons. The van der Waals surface area contributed by atoms with Gasteiger partial charge in [-0.1, -0.05) is 0 Å². The Balaban J connectivity index is 2.97. The van der Waals surface area contributed by atoms with Crippen LogP contribution in [-0.4, -0.2) is 40.6 Å². The molecule has 0 aliphatic carbocycles. The van der Waals surface area contributed by atoms with Crippen LogP contribution in [0.4, 0.5) is 21.0 Å². The summed E-state index contributed by atoms with van der Waals surface area (Å²) in [5.41, 5.74) is -0.831. The van der Waals surface area contributed by atoms with Crippen molar-refractivity contribution in [3.05, 3.63) is 18.2 Å². The van der Waals surface area contributed by atoms with Crippen molar-refractivity contribution >= 4 is 36.1 Å². The molecule has 0 bridgehead atoms. The van der Waals surface area contributed by atoms with E-state index in [1.54, 1.807) is 41.5 Å². The summed E-state index contributed by atoms with van der Waals surface area (Å²) in [7, 11) is -1.78. The number of benzene rings is 1. The minimum Gasteiger partial charge on any atom is -0.444 e. The van der Waals surface area contributed by atoms with Gasteiger partial charge in [-0.3, -0.25) is 10.6 Å². The molecule has 138 valence electrons. The van der Waals surface area contributed by atoms with E-state index in [1.165, 1.54) is 18.2 Å². The number of rotatable bonds is 3. The van der Waals surface area contributed by atoms with Gasteiger partial charge in [-0.2, -0.15) is 0 Å². The minimum atomic E-state index is -1.78. The van der Waals surface area contributed by atoms with E-state index in [0.29, 0.717) is 0 Å². The first-order valence-electron chi connectivity index (χ1n) is 7.76. The van der Waals surface area contributed by atoms with Gasteiger partial charge in [0.05, 0.1) is 0 Å². The van der Waals surface area contributed by atoms with Gasteiger partial charge >= 0.3 is 19.3 Å². The van der Waals surface area contributed by atoms with E-state index in [2.05, 4.69) is 10.6 Å². The van der Waals surface area contributed by atoms with E-state index < -0.39 is 30.5 Å². The van der Waals surface area contributed by atoms with Gasteiger partial charge in [0, 0.05) is 11.4 Å². The second kappa shape index (κ2) is 7.75. The maximum Gasteiger partial charge on any atom is 0.488 e. The number of hydrogen-bond acceptors (Lipinski definition) is 6. The summed E-state index contributed by atoms with van der Waals surface area (Å²) in [6, 6.07) is 4.16. The third-order valence-electron chi connectivity index (χ3n) is 2.54. The van der Waals surface area contributed by atoms with Gasteiger partial charge in [0.25, 0.3) is 0 Å². The van der Waals surface area contributed by atoms with Crippen LogP contribution in [0.25, 0.3) is 0 Å². The topological polar surface area (TPSA) is 117 Å². The fourth-order valence-electron chi connectivity index (χ4n) is 1.79. The molecule has 0 aliphatic rings. The molecule has 0 atom stereocenters. The van der Waals surface area contributed by atoms with Crippen LogP contribution in [0.1, 0.15) is 41.5 Å². The maximum atomic E-state index is 11.9. The van der Waals surface area contributed by atoms with E-state index in [0.717, 1.165) is 0 Å². The Bertz CT molecular complexity index is 586. The molecule has 0 aromatic heterocycles. The second-order valence-corrected chi connectivity index (χ2v) is 7.47. The minimum absolute atomic E-state index is 0.0830. The number of amides is 2. The highest BCUT2D eigenvalue weighted by Crippen LogP contribution is 2.17. The van der Waals surface area contributed by atoms with E-state index in [1.807, 2.05) is 0 Å². The van der Waals surface area contributed by atoms with Crippen molar-refractivity contribution in [2.75, 3.05) is 10.6 Å². The molecule has 0 fully saturated rings. The highest BCUT2D eigenvalue weighted by molar-refractivity contribution is 6.58. The molecule has 0 aliphatic heterocycles. The summed E-state index contributed by atoms with van der Waals surface area (Å²) in [5, 5.41) is 23.7. The Morgan fingerprint density at radius 3 is 1.48 bits per heavy atom. The van der Waals surface area contributed by atoms with Gasteiger partial charge in [-0.15, -0.1) is 0 Å². The van der Waals surface area contributed by atoms with Crippen molar-refractivity contribution in [2.24, 2.45) is 0 Å². The van der Waals surface area contributed by atoms with Crippen LogP contribution in [0, 0.1) is 0 Å². The normalized spacial score (nSPS) is 11.5. The number of carbonyl (C=O) groups is 2. The van der Waals surface area contributed by atoms with Crippen molar-refractivity contribution in [3.63, 3.8) is 0 Å². The standard InChI is InChI=1S/C16H25BN2O6/c1-15(2,3)24-13(20)18-11-7-10(17(22)23)8-12(9-11)19-14(21)25-16(4,5)6/h7-9,22-23H,1-6H3,(H,18,20)(H,19,21). The van der Waals surface area contributed by atoms with E-state index in [4.69, 9.17) is 9.47 Å². The van der Waals surface area contributed by atoms with Crippen LogP contribution < -0.4 is 16.1 Å². The van der Waals surface area contributed by atoms with E-state index in [9.17, 15) is 19.6 Å². The predicted octanol–water partition coefficient (Wildman–Crippen LogP) is 2.06. The molecular weight excluding hydrogens is 327 g/mol. The SMILES string of the molecule is CC(C)(C)OC(=O)Nc1cc(NC(=O)OC(C)(C)C)cc(B(O)O)c1. The summed E-state index contributed by atoms with van der Waals surface area (Å²) in [4.78, 5) is 23.7. The lowest BCUT2D eigenvalue weighted by molar-refractivity contribution is 0.0625. The fourth-order valence-corrected chi connectivity index (χ4v) is 1.79. The fraction of sp³-hybridized carbons (Fsp3) is 0.500. The number of nitrogens with one attached hydrogen (secondary N) is 2. The first-order chi connectivity index (χ1) is 11.2. The molecule has 0 saturated carbocycles. The predicted molar refractivity (Wildman–Crippen MR) is 96.0 cm³/mol. The van der Waals surface area contributed by atoms with Crippen LogP contribution in [0.15, 0.2) is 18.2 Å². The molecule has 0 unspecified atom stereocenters. The Morgan fingerprint density at radius 2 is 1.20 bits per heavy atom. The van der Waals surface area contributed by atoms with Crippen molar-refractivity contribution < 1.29 is 29.1 Å². The lowest BCUT2D eigenvalue weighted by Gasteiger charge is -2.21. The molecule has 9 heteroatoms. The van der Waals surface area contributed by atoms with Crippen LogP contribution in [-0.2, 0) is 9.47 Å². The van der Waals surface area contributed by atoms with Gasteiger partial charge in [-0.25, -0.2) is 9.59 Å². The number of ether oxygens (including phenoxy) is 2. The first-order valence-corrected chi connectivity index (χ1v) is 7.76. The summed E-state index contributed by atoms with van der Waals surface area (Å²) in [5.74, 6) is 0. The number of hydrogen-bond donors (Lipinski definition) is 4. The smallest absolute Gasteiger partial charge is 0.444 e. The number of anilines is 2. The molecule has 1 aromatic carbocycles. The summed E-state index contributed by atoms with van der Waals surface area (Å²) in [6.45, 7) is 10.3. The molecule has 1 rings (SSSR count). The van der Waals surface area contributed by atoms with Crippen LogP contribution in [0.5, 0.6) is 0 Å². The highest BCUT2D eigenvalue weighted by atomic mass is 16.6. The zero-order valence-corrected chi connectivity index (χ0v) is 15.3. The molecule has 25 heavy (non-hydrogen) atoms. The van der Waals surface area contributed by atoms with Crippen molar-refractivity contribution in [1.29, 1.82) is 0 Å².